The van der Waals surface area contributed by atoms with E-state index in [0.717, 1.165) is 23.4 Å². The molecule has 0 saturated carbocycles. The van der Waals surface area contributed by atoms with Crippen molar-refractivity contribution in [1.82, 2.24) is 5.32 Å². The molecule has 2 aromatic carbocycles. The van der Waals surface area contributed by atoms with Gasteiger partial charge in [-0.15, -0.1) is 0 Å². The predicted octanol–water partition coefficient (Wildman–Crippen LogP) is 2.55. The quantitative estimate of drug-likeness (QED) is 0.888. The lowest BCUT2D eigenvalue weighted by Gasteiger charge is -2.10. The van der Waals surface area contributed by atoms with Crippen LogP contribution in [0.1, 0.15) is 17.5 Å². The minimum atomic E-state index is -0.583. The lowest BCUT2D eigenvalue weighted by atomic mass is 10.0. The maximum atomic E-state index is 12.2. The zero-order valence-electron chi connectivity index (χ0n) is 13.6. The Bertz CT molecular complexity index is 728. The molecule has 0 aliphatic carbocycles. The summed E-state index contributed by atoms with van der Waals surface area (Å²) in [6.45, 7) is 0.576. The van der Waals surface area contributed by atoms with Gasteiger partial charge < -0.3 is 14.9 Å². The molecule has 0 saturated heterocycles. The van der Waals surface area contributed by atoms with Crippen molar-refractivity contribution in [3.8, 4) is 5.75 Å². The molecule has 2 aromatic rings. The molecule has 1 atom stereocenters. The van der Waals surface area contributed by atoms with E-state index in [1.165, 1.54) is 5.56 Å². The minimum Gasteiger partial charge on any atom is -0.496 e. The van der Waals surface area contributed by atoms with Crippen LogP contribution in [0.15, 0.2) is 59.8 Å². The highest BCUT2D eigenvalue weighted by Crippen LogP contribution is 2.24. The fourth-order valence-corrected chi connectivity index (χ4v) is 2.65. The van der Waals surface area contributed by atoms with Crippen molar-refractivity contribution >= 4 is 11.6 Å². The lowest BCUT2D eigenvalue weighted by molar-refractivity contribution is -0.131. The summed E-state index contributed by atoms with van der Waals surface area (Å²) in [5, 5.41) is 6.96. The second-order valence-electron chi connectivity index (χ2n) is 5.56. The number of nitrogens with one attached hydrogen (secondary N) is 1. The van der Waals surface area contributed by atoms with Crippen molar-refractivity contribution in [2.75, 3.05) is 13.7 Å². The largest absolute Gasteiger partial charge is 0.496 e. The molecular formula is C19H20N2O3. The van der Waals surface area contributed by atoms with E-state index in [4.69, 9.17) is 9.57 Å². The molecule has 1 amide bonds. The number of ether oxygens (including phenoxy) is 1. The minimum absolute atomic E-state index is 0.139. The van der Waals surface area contributed by atoms with Gasteiger partial charge in [0, 0.05) is 18.5 Å². The molecule has 1 heterocycles. The second-order valence-corrected chi connectivity index (χ2v) is 5.56. The van der Waals surface area contributed by atoms with E-state index in [1.54, 1.807) is 7.11 Å². The molecule has 0 spiro atoms. The van der Waals surface area contributed by atoms with E-state index in [1.807, 2.05) is 54.6 Å². The first-order valence-electron chi connectivity index (χ1n) is 7.95. The Balaban J connectivity index is 1.52. The number of nitrogens with zero attached hydrogens (tertiary/aromatic N) is 1. The number of methoxy groups -OCH3 is 1. The molecular weight excluding hydrogens is 304 g/mol. The fraction of sp³-hybridized carbons (Fsp3) is 0.263. The molecule has 1 aliphatic rings. The summed E-state index contributed by atoms with van der Waals surface area (Å²) in [4.78, 5) is 17.5. The van der Waals surface area contributed by atoms with Gasteiger partial charge in [-0.25, -0.2) is 0 Å². The molecule has 0 aromatic heterocycles. The second kappa shape index (κ2) is 7.64. The molecule has 0 radical (unpaired) electrons. The van der Waals surface area contributed by atoms with Gasteiger partial charge in [0.2, 0.25) is 6.10 Å². The van der Waals surface area contributed by atoms with E-state index in [-0.39, 0.29) is 5.91 Å². The molecule has 0 fully saturated rings. The van der Waals surface area contributed by atoms with Gasteiger partial charge in [0.25, 0.3) is 5.91 Å². The summed E-state index contributed by atoms with van der Waals surface area (Å²) in [6.07, 6.45) is 0.651. The molecule has 5 nitrogen and oxygen atoms in total. The Morgan fingerprint density at radius 1 is 1.21 bits per heavy atom. The van der Waals surface area contributed by atoms with Crippen molar-refractivity contribution in [1.29, 1.82) is 0 Å². The van der Waals surface area contributed by atoms with Crippen LogP contribution in [0.2, 0.25) is 0 Å². The lowest BCUT2D eigenvalue weighted by Crippen LogP contribution is -2.36. The van der Waals surface area contributed by atoms with Crippen molar-refractivity contribution in [3.05, 3.63) is 65.7 Å². The Labute approximate surface area is 141 Å². The van der Waals surface area contributed by atoms with Gasteiger partial charge >= 0.3 is 0 Å². The van der Waals surface area contributed by atoms with E-state index in [2.05, 4.69) is 10.5 Å². The highest BCUT2D eigenvalue weighted by atomic mass is 16.6. The topological polar surface area (TPSA) is 59.9 Å². The van der Waals surface area contributed by atoms with Gasteiger partial charge in [-0.3, -0.25) is 4.79 Å². The standard InChI is InChI=1S/C19H20N2O3/c1-23-17-10-6-5-9-15(17)16-13-18(24-21-16)19(22)20-12-11-14-7-3-2-4-8-14/h2-10,18H,11-13H2,1H3,(H,20,22)/t18-/m0/s1. The van der Waals surface area contributed by atoms with Crippen molar-refractivity contribution < 1.29 is 14.4 Å². The monoisotopic (exact) mass is 324 g/mol. The first kappa shape index (κ1) is 16.1. The molecule has 1 N–H and O–H groups in total. The highest BCUT2D eigenvalue weighted by molar-refractivity contribution is 6.05. The summed E-state index contributed by atoms with van der Waals surface area (Å²) in [5.41, 5.74) is 2.78. The Hall–Kier alpha value is -2.82. The fourth-order valence-electron chi connectivity index (χ4n) is 2.65. The maximum Gasteiger partial charge on any atom is 0.264 e. The summed E-state index contributed by atoms with van der Waals surface area (Å²) in [7, 11) is 1.61. The molecule has 24 heavy (non-hydrogen) atoms. The van der Waals surface area contributed by atoms with E-state index in [9.17, 15) is 4.79 Å². The summed E-state index contributed by atoms with van der Waals surface area (Å²) >= 11 is 0. The zero-order chi connectivity index (χ0) is 16.8. The molecule has 1 aliphatic heterocycles. The Kier molecular flexibility index (Phi) is 5.11. The number of rotatable bonds is 6. The van der Waals surface area contributed by atoms with Crippen LogP contribution in [0, 0.1) is 0 Å². The number of carbonyl (C=O) groups excluding carboxylic acids is 1. The summed E-state index contributed by atoms with van der Waals surface area (Å²) in [6, 6.07) is 17.6. The first-order valence-corrected chi connectivity index (χ1v) is 7.95. The molecule has 0 bridgehead atoms. The van der Waals surface area contributed by atoms with Crippen LogP contribution in [-0.2, 0) is 16.1 Å². The number of carbonyl (C=O) groups is 1. The van der Waals surface area contributed by atoms with Gasteiger partial charge in [-0.2, -0.15) is 0 Å². The number of hydrogen-bond acceptors (Lipinski definition) is 4. The van der Waals surface area contributed by atoms with Crippen LogP contribution in [0.5, 0.6) is 5.75 Å². The number of para-hydroxylation sites is 1. The van der Waals surface area contributed by atoms with Crippen molar-refractivity contribution in [2.24, 2.45) is 5.16 Å². The van der Waals surface area contributed by atoms with Crippen LogP contribution >= 0.6 is 0 Å². The van der Waals surface area contributed by atoms with Crippen LogP contribution in [-0.4, -0.2) is 31.4 Å². The summed E-state index contributed by atoms with van der Waals surface area (Å²) < 4.78 is 5.33. The average molecular weight is 324 g/mol. The van der Waals surface area contributed by atoms with Crippen LogP contribution in [0.4, 0.5) is 0 Å². The maximum absolute atomic E-state index is 12.2. The molecule has 3 rings (SSSR count). The number of hydrogen-bond donors (Lipinski definition) is 1. The van der Waals surface area contributed by atoms with Crippen molar-refractivity contribution in [2.45, 2.75) is 18.9 Å². The van der Waals surface area contributed by atoms with Crippen LogP contribution in [0.3, 0.4) is 0 Å². The third-order valence-electron chi connectivity index (χ3n) is 3.93. The summed E-state index contributed by atoms with van der Waals surface area (Å²) in [5.74, 6) is 0.588. The molecule has 0 unspecified atom stereocenters. The highest BCUT2D eigenvalue weighted by Gasteiger charge is 2.29. The van der Waals surface area contributed by atoms with Gasteiger partial charge in [-0.1, -0.05) is 47.6 Å². The number of benzene rings is 2. The Morgan fingerprint density at radius 2 is 1.96 bits per heavy atom. The van der Waals surface area contributed by atoms with Gasteiger partial charge in [0.15, 0.2) is 0 Å². The molecule has 5 heteroatoms. The number of oxime groups is 1. The predicted molar refractivity (Wildman–Crippen MR) is 92.2 cm³/mol. The zero-order valence-corrected chi connectivity index (χ0v) is 13.6. The van der Waals surface area contributed by atoms with Crippen LogP contribution in [0.25, 0.3) is 0 Å². The normalized spacial score (nSPS) is 16.2. The van der Waals surface area contributed by atoms with Gasteiger partial charge in [-0.05, 0) is 24.1 Å². The SMILES string of the molecule is COc1ccccc1C1=NO[C@H](C(=O)NCCc2ccccc2)C1. The van der Waals surface area contributed by atoms with Gasteiger partial charge in [0.1, 0.15) is 5.75 Å². The van der Waals surface area contributed by atoms with Crippen LogP contribution < -0.4 is 10.1 Å². The smallest absolute Gasteiger partial charge is 0.264 e. The van der Waals surface area contributed by atoms with E-state index < -0.39 is 6.10 Å². The molecule has 124 valence electrons. The van der Waals surface area contributed by atoms with Gasteiger partial charge in [0.05, 0.1) is 12.8 Å². The van der Waals surface area contributed by atoms with Crippen molar-refractivity contribution in [3.63, 3.8) is 0 Å². The third kappa shape index (κ3) is 3.74. The third-order valence-corrected chi connectivity index (χ3v) is 3.93. The number of amides is 1. The van der Waals surface area contributed by atoms with E-state index in [0.29, 0.717) is 13.0 Å². The Morgan fingerprint density at radius 3 is 2.75 bits per heavy atom. The first-order chi connectivity index (χ1) is 11.8. The average Bonchev–Trinajstić information content (AvgIpc) is 3.12. The van der Waals surface area contributed by atoms with E-state index >= 15 is 0 Å².